The first-order valence-corrected chi connectivity index (χ1v) is 9.43. The third kappa shape index (κ3) is 3.32. The highest BCUT2D eigenvalue weighted by Crippen LogP contribution is 2.43. The Labute approximate surface area is 142 Å². The Balaban J connectivity index is 1.25. The lowest BCUT2D eigenvalue weighted by Crippen LogP contribution is -2.47. The van der Waals surface area contributed by atoms with Crippen LogP contribution in [0, 0.1) is 17.8 Å². The molecule has 0 N–H and O–H groups in total. The molecule has 22 heavy (non-hydrogen) atoms. The lowest BCUT2D eigenvalue weighted by Gasteiger charge is -2.37. The molecule has 3 heteroatoms. The van der Waals surface area contributed by atoms with Crippen LogP contribution in [0.3, 0.4) is 0 Å². The van der Waals surface area contributed by atoms with E-state index in [9.17, 15) is 0 Å². The first-order valence-electron chi connectivity index (χ1n) is 8.64. The predicted octanol–water partition coefficient (Wildman–Crippen LogP) is 3.78. The molecule has 2 bridgehead atoms. The molecule has 1 saturated heterocycles. The maximum absolute atomic E-state index is 3.57. The number of hydrogen-bond acceptors (Lipinski definition) is 2. The minimum absolute atomic E-state index is 0.893. The second kappa shape index (κ2) is 6.46. The number of allylic oxidation sites excluding steroid dienone is 2. The monoisotopic (exact) mass is 360 g/mol. The topological polar surface area (TPSA) is 6.48 Å². The highest BCUT2D eigenvalue weighted by atomic mass is 79.9. The molecule has 118 valence electrons. The molecule has 0 spiro atoms. The van der Waals surface area contributed by atoms with Gasteiger partial charge >= 0.3 is 0 Å². The number of hydrogen-bond donors (Lipinski definition) is 0. The van der Waals surface area contributed by atoms with Gasteiger partial charge in [0.15, 0.2) is 0 Å². The fourth-order valence-electron chi connectivity index (χ4n) is 4.46. The molecule has 0 unspecified atom stereocenters. The Kier molecular flexibility index (Phi) is 4.38. The van der Waals surface area contributed by atoms with Gasteiger partial charge in [0.2, 0.25) is 0 Å². The van der Waals surface area contributed by atoms with Crippen LogP contribution >= 0.6 is 15.9 Å². The third-order valence-electron chi connectivity index (χ3n) is 5.67. The van der Waals surface area contributed by atoms with Crippen LogP contribution in [-0.2, 0) is 6.54 Å². The van der Waals surface area contributed by atoms with Crippen molar-refractivity contribution in [3.63, 3.8) is 0 Å². The normalized spacial score (nSPS) is 32.0. The molecular formula is C19H25BrN2. The molecule has 2 fully saturated rings. The van der Waals surface area contributed by atoms with Gasteiger partial charge in [0.25, 0.3) is 0 Å². The maximum Gasteiger partial charge on any atom is 0.0235 e. The molecule has 1 aromatic carbocycles. The molecule has 4 rings (SSSR count). The van der Waals surface area contributed by atoms with Gasteiger partial charge in [-0.05, 0) is 48.3 Å². The van der Waals surface area contributed by atoms with Crippen LogP contribution in [0.4, 0.5) is 0 Å². The summed E-state index contributed by atoms with van der Waals surface area (Å²) >= 11 is 3.57. The fourth-order valence-corrected chi connectivity index (χ4v) is 4.91. The van der Waals surface area contributed by atoms with Crippen molar-refractivity contribution in [3.05, 3.63) is 46.5 Å². The smallest absolute Gasteiger partial charge is 0.0235 e. The summed E-state index contributed by atoms with van der Waals surface area (Å²) in [5.74, 6) is 2.74. The maximum atomic E-state index is 3.57. The second-order valence-electron chi connectivity index (χ2n) is 7.25. The number of piperazine rings is 1. The second-order valence-corrected chi connectivity index (χ2v) is 8.16. The number of benzene rings is 1. The first kappa shape index (κ1) is 14.9. The molecule has 0 amide bonds. The van der Waals surface area contributed by atoms with Gasteiger partial charge in [0.05, 0.1) is 0 Å². The Morgan fingerprint density at radius 1 is 1.00 bits per heavy atom. The van der Waals surface area contributed by atoms with Crippen molar-refractivity contribution in [1.82, 2.24) is 9.80 Å². The molecule has 1 saturated carbocycles. The van der Waals surface area contributed by atoms with Gasteiger partial charge in [-0.1, -0.05) is 40.2 Å². The van der Waals surface area contributed by atoms with Gasteiger partial charge in [-0.2, -0.15) is 0 Å². The van der Waals surface area contributed by atoms with Crippen molar-refractivity contribution in [2.24, 2.45) is 17.8 Å². The fraction of sp³-hybridized carbons (Fsp3) is 0.579. The Bertz CT molecular complexity index is 548. The van der Waals surface area contributed by atoms with Gasteiger partial charge in [0.1, 0.15) is 0 Å². The zero-order valence-corrected chi connectivity index (χ0v) is 14.7. The number of fused-ring (bicyclic) bond motifs is 2. The van der Waals surface area contributed by atoms with Crippen molar-refractivity contribution in [2.75, 3.05) is 32.7 Å². The van der Waals surface area contributed by atoms with Gasteiger partial charge in [-0.15, -0.1) is 0 Å². The van der Waals surface area contributed by atoms with E-state index < -0.39 is 0 Å². The lowest BCUT2D eigenvalue weighted by molar-refractivity contribution is 0.108. The number of halogens is 1. The lowest BCUT2D eigenvalue weighted by atomic mass is 9.93. The van der Waals surface area contributed by atoms with E-state index in [2.05, 4.69) is 62.1 Å². The van der Waals surface area contributed by atoms with Crippen LogP contribution in [-0.4, -0.2) is 42.5 Å². The molecule has 3 atom stereocenters. The number of nitrogens with zero attached hydrogens (tertiary/aromatic N) is 2. The quantitative estimate of drug-likeness (QED) is 0.753. The van der Waals surface area contributed by atoms with E-state index in [-0.39, 0.29) is 0 Å². The molecule has 1 aliphatic heterocycles. The van der Waals surface area contributed by atoms with E-state index in [0.29, 0.717) is 0 Å². The summed E-state index contributed by atoms with van der Waals surface area (Å²) < 4.78 is 1.19. The summed E-state index contributed by atoms with van der Waals surface area (Å²) in [5, 5.41) is 0. The van der Waals surface area contributed by atoms with Crippen LogP contribution in [0.15, 0.2) is 40.9 Å². The highest BCUT2D eigenvalue weighted by molar-refractivity contribution is 9.10. The van der Waals surface area contributed by atoms with Crippen molar-refractivity contribution in [3.8, 4) is 0 Å². The summed E-state index contributed by atoms with van der Waals surface area (Å²) in [5.41, 5.74) is 1.42. The minimum atomic E-state index is 0.893. The summed E-state index contributed by atoms with van der Waals surface area (Å²) in [6.45, 7) is 7.32. The molecule has 3 aliphatic rings. The zero-order valence-electron chi connectivity index (χ0n) is 13.1. The minimum Gasteiger partial charge on any atom is -0.300 e. The van der Waals surface area contributed by atoms with Crippen molar-refractivity contribution in [2.45, 2.75) is 19.4 Å². The Morgan fingerprint density at radius 2 is 1.82 bits per heavy atom. The Hall–Kier alpha value is -0.640. The molecular weight excluding hydrogens is 336 g/mol. The summed E-state index contributed by atoms with van der Waals surface area (Å²) in [6.07, 6.45) is 7.83. The molecule has 0 aromatic heterocycles. The van der Waals surface area contributed by atoms with Gasteiger partial charge in [0, 0.05) is 43.7 Å². The largest absolute Gasteiger partial charge is 0.300 e. The standard InChI is InChI=1S/C19H25BrN2/c20-19-3-1-2-16(12-19)13-21-6-8-22(9-7-21)14-18-11-15-4-5-17(18)10-15/h1-5,12,15,17-18H,6-11,13-14H2/t15-,17-,18-/m0/s1. The van der Waals surface area contributed by atoms with E-state index in [0.717, 1.165) is 24.3 Å². The van der Waals surface area contributed by atoms with Crippen LogP contribution in [0.5, 0.6) is 0 Å². The van der Waals surface area contributed by atoms with E-state index >= 15 is 0 Å². The zero-order chi connectivity index (χ0) is 14.9. The molecule has 0 radical (unpaired) electrons. The molecule has 2 aliphatic carbocycles. The molecule has 1 aromatic rings. The molecule has 1 heterocycles. The highest BCUT2D eigenvalue weighted by Gasteiger charge is 2.36. The van der Waals surface area contributed by atoms with Crippen molar-refractivity contribution in [1.29, 1.82) is 0 Å². The molecule has 2 nitrogen and oxygen atoms in total. The number of rotatable bonds is 4. The summed E-state index contributed by atoms with van der Waals surface area (Å²) in [7, 11) is 0. The van der Waals surface area contributed by atoms with E-state index in [1.807, 2.05) is 0 Å². The van der Waals surface area contributed by atoms with Crippen LogP contribution in [0.1, 0.15) is 18.4 Å². The van der Waals surface area contributed by atoms with Crippen molar-refractivity contribution < 1.29 is 0 Å². The van der Waals surface area contributed by atoms with Crippen LogP contribution in [0.25, 0.3) is 0 Å². The predicted molar refractivity (Wildman–Crippen MR) is 94.7 cm³/mol. The average molecular weight is 361 g/mol. The summed E-state index contributed by atoms with van der Waals surface area (Å²) in [4.78, 5) is 5.30. The van der Waals surface area contributed by atoms with Gasteiger partial charge in [-0.3, -0.25) is 4.90 Å². The third-order valence-corrected chi connectivity index (χ3v) is 6.16. The Morgan fingerprint density at radius 3 is 2.50 bits per heavy atom. The SMILES string of the molecule is Brc1cccc(CN2CCN(C[C@@H]3C[C@H]4C=C[C@H]3C4)CC2)c1. The van der Waals surface area contributed by atoms with E-state index in [4.69, 9.17) is 0 Å². The van der Waals surface area contributed by atoms with Crippen molar-refractivity contribution >= 4 is 15.9 Å². The van der Waals surface area contributed by atoms with Crippen LogP contribution < -0.4 is 0 Å². The van der Waals surface area contributed by atoms with E-state index in [1.54, 1.807) is 0 Å². The van der Waals surface area contributed by atoms with Gasteiger partial charge < -0.3 is 4.90 Å². The first-order chi connectivity index (χ1) is 10.8. The van der Waals surface area contributed by atoms with E-state index in [1.165, 1.54) is 55.6 Å². The average Bonchev–Trinajstić information content (AvgIpc) is 3.12. The summed E-state index contributed by atoms with van der Waals surface area (Å²) in [6, 6.07) is 8.72. The van der Waals surface area contributed by atoms with Gasteiger partial charge in [-0.25, -0.2) is 0 Å². The van der Waals surface area contributed by atoms with Crippen LogP contribution in [0.2, 0.25) is 0 Å².